The smallest absolute Gasteiger partial charge is 0.416 e. The lowest BCUT2D eigenvalue weighted by atomic mass is 9.81. The summed E-state index contributed by atoms with van der Waals surface area (Å²) in [5.74, 6) is 0.160. The lowest BCUT2D eigenvalue weighted by Crippen LogP contribution is -2.34. The molecule has 1 aliphatic rings. The number of alkyl halides is 3. The molecule has 3 N–H and O–H groups in total. The van der Waals surface area contributed by atoms with Gasteiger partial charge in [-0.05, 0) is 30.9 Å². The first kappa shape index (κ1) is 17.1. The van der Waals surface area contributed by atoms with Crippen molar-refractivity contribution in [3.63, 3.8) is 0 Å². The molecule has 0 amide bonds. The third-order valence-electron chi connectivity index (χ3n) is 4.42. The normalized spacial score (nSPS) is 19.7. The second-order valence-corrected chi connectivity index (χ2v) is 5.87. The maximum absolute atomic E-state index is 12.8. The summed E-state index contributed by atoms with van der Waals surface area (Å²) in [4.78, 5) is 0. The van der Waals surface area contributed by atoms with Crippen LogP contribution in [-0.4, -0.2) is 18.3 Å². The number of methoxy groups -OCH3 is 1. The van der Waals surface area contributed by atoms with E-state index in [0.29, 0.717) is 5.56 Å². The molecule has 1 aliphatic carbocycles. The highest BCUT2D eigenvalue weighted by atomic mass is 19.4. The molecule has 0 spiro atoms. The molecule has 0 unspecified atom stereocenters. The maximum Gasteiger partial charge on any atom is 0.416 e. The van der Waals surface area contributed by atoms with Gasteiger partial charge in [0.15, 0.2) is 0 Å². The minimum Gasteiger partial charge on any atom is -0.496 e. The molecule has 22 heavy (non-hydrogen) atoms. The van der Waals surface area contributed by atoms with E-state index in [1.807, 2.05) is 0 Å². The molecule has 6 heteroatoms. The van der Waals surface area contributed by atoms with Crippen molar-refractivity contribution < 1.29 is 23.0 Å². The van der Waals surface area contributed by atoms with E-state index in [0.717, 1.165) is 44.2 Å². The molecule has 2 rings (SSSR count). The van der Waals surface area contributed by atoms with Crippen LogP contribution in [0.5, 0.6) is 5.75 Å². The summed E-state index contributed by atoms with van der Waals surface area (Å²) in [6.45, 7) is 0. The standard InChI is InChI=1S/C16H22F3NO2/c1-22-13-9-11(16(17,18)19)7-8-12(13)14(20)15(21)10-5-3-2-4-6-10/h7-10,14-15,21H,2-6,20H2,1H3/t14-,15+/m1/s1. The van der Waals surface area contributed by atoms with E-state index in [2.05, 4.69) is 0 Å². The van der Waals surface area contributed by atoms with Gasteiger partial charge in [0.2, 0.25) is 0 Å². The van der Waals surface area contributed by atoms with Crippen molar-refractivity contribution in [3.8, 4) is 5.75 Å². The fourth-order valence-corrected chi connectivity index (χ4v) is 3.12. The van der Waals surface area contributed by atoms with Gasteiger partial charge < -0.3 is 15.6 Å². The minimum absolute atomic E-state index is 0.0668. The van der Waals surface area contributed by atoms with Crippen LogP contribution in [0.3, 0.4) is 0 Å². The molecule has 1 aromatic carbocycles. The van der Waals surface area contributed by atoms with Gasteiger partial charge in [0, 0.05) is 5.56 Å². The average molecular weight is 317 g/mol. The molecule has 2 atom stereocenters. The van der Waals surface area contributed by atoms with Crippen molar-refractivity contribution in [2.75, 3.05) is 7.11 Å². The van der Waals surface area contributed by atoms with E-state index in [9.17, 15) is 18.3 Å². The van der Waals surface area contributed by atoms with Crippen LogP contribution in [0, 0.1) is 5.92 Å². The van der Waals surface area contributed by atoms with Crippen LogP contribution in [-0.2, 0) is 6.18 Å². The molecular weight excluding hydrogens is 295 g/mol. The SMILES string of the molecule is COc1cc(C(F)(F)F)ccc1[C@@H](N)[C@@H](O)C1CCCCC1. The molecule has 0 radical (unpaired) electrons. The molecule has 1 fully saturated rings. The zero-order valence-corrected chi connectivity index (χ0v) is 12.6. The predicted molar refractivity (Wildman–Crippen MR) is 77.5 cm³/mol. The Morgan fingerprint density at radius 2 is 1.86 bits per heavy atom. The van der Waals surface area contributed by atoms with Crippen molar-refractivity contribution in [1.29, 1.82) is 0 Å². The Bertz CT molecular complexity index is 499. The number of hydrogen-bond acceptors (Lipinski definition) is 3. The first-order valence-electron chi connectivity index (χ1n) is 7.53. The number of hydrogen-bond donors (Lipinski definition) is 2. The molecule has 1 aromatic rings. The number of nitrogens with two attached hydrogens (primary N) is 1. The topological polar surface area (TPSA) is 55.5 Å². The van der Waals surface area contributed by atoms with Gasteiger partial charge in [-0.1, -0.05) is 25.3 Å². The van der Waals surface area contributed by atoms with E-state index in [-0.39, 0.29) is 11.7 Å². The van der Waals surface area contributed by atoms with Gasteiger partial charge in [0.25, 0.3) is 0 Å². The number of ether oxygens (including phenoxy) is 1. The third-order valence-corrected chi connectivity index (χ3v) is 4.42. The molecule has 0 aliphatic heterocycles. The number of benzene rings is 1. The monoisotopic (exact) mass is 317 g/mol. The van der Waals surface area contributed by atoms with Crippen LogP contribution in [0.25, 0.3) is 0 Å². The van der Waals surface area contributed by atoms with Crippen molar-refractivity contribution >= 4 is 0 Å². The highest BCUT2D eigenvalue weighted by Gasteiger charge is 2.33. The van der Waals surface area contributed by atoms with Gasteiger partial charge >= 0.3 is 6.18 Å². The van der Waals surface area contributed by atoms with Crippen LogP contribution >= 0.6 is 0 Å². The average Bonchev–Trinajstić information content (AvgIpc) is 2.52. The summed E-state index contributed by atoms with van der Waals surface area (Å²) >= 11 is 0. The van der Waals surface area contributed by atoms with E-state index in [1.54, 1.807) is 0 Å². The van der Waals surface area contributed by atoms with Gasteiger partial charge in [0.1, 0.15) is 5.75 Å². The highest BCUT2D eigenvalue weighted by Crippen LogP contribution is 2.37. The molecule has 3 nitrogen and oxygen atoms in total. The molecule has 124 valence electrons. The first-order valence-corrected chi connectivity index (χ1v) is 7.53. The third kappa shape index (κ3) is 3.73. The Balaban J connectivity index is 2.23. The van der Waals surface area contributed by atoms with Gasteiger partial charge in [-0.3, -0.25) is 0 Å². The Morgan fingerprint density at radius 1 is 1.23 bits per heavy atom. The molecule has 0 bridgehead atoms. The fourth-order valence-electron chi connectivity index (χ4n) is 3.12. The summed E-state index contributed by atoms with van der Waals surface area (Å²) in [5.41, 5.74) is 5.72. The zero-order valence-electron chi connectivity index (χ0n) is 12.6. The van der Waals surface area contributed by atoms with Crippen molar-refractivity contribution in [1.82, 2.24) is 0 Å². The van der Waals surface area contributed by atoms with Gasteiger partial charge in [-0.2, -0.15) is 13.2 Å². The van der Waals surface area contributed by atoms with Crippen LogP contribution in [0.2, 0.25) is 0 Å². The second-order valence-electron chi connectivity index (χ2n) is 5.87. The summed E-state index contributed by atoms with van der Waals surface area (Å²) in [6, 6.07) is 2.47. The van der Waals surface area contributed by atoms with Crippen LogP contribution in [0.1, 0.15) is 49.3 Å². The van der Waals surface area contributed by atoms with Gasteiger partial charge in [0.05, 0.1) is 24.8 Å². The Morgan fingerprint density at radius 3 is 2.41 bits per heavy atom. The summed E-state index contributed by atoms with van der Waals surface area (Å²) in [5, 5.41) is 10.4. The molecular formula is C16H22F3NO2. The van der Waals surface area contributed by atoms with E-state index < -0.39 is 23.9 Å². The molecule has 1 saturated carbocycles. The van der Waals surface area contributed by atoms with E-state index in [1.165, 1.54) is 13.2 Å². The largest absolute Gasteiger partial charge is 0.496 e. The number of halogens is 3. The maximum atomic E-state index is 12.8. The molecule has 0 saturated heterocycles. The Hall–Kier alpha value is -1.27. The summed E-state index contributed by atoms with van der Waals surface area (Å²) < 4.78 is 43.3. The Labute approximate surface area is 128 Å². The van der Waals surface area contributed by atoms with Crippen molar-refractivity contribution in [2.45, 2.75) is 50.4 Å². The second kappa shape index (κ2) is 6.87. The van der Waals surface area contributed by atoms with Gasteiger partial charge in [-0.15, -0.1) is 0 Å². The summed E-state index contributed by atoms with van der Waals surface area (Å²) in [6.07, 6.45) is -0.141. The lowest BCUT2D eigenvalue weighted by Gasteiger charge is -2.31. The van der Waals surface area contributed by atoms with Gasteiger partial charge in [-0.25, -0.2) is 0 Å². The number of aliphatic hydroxyl groups is 1. The van der Waals surface area contributed by atoms with E-state index >= 15 is 0 Å². The highest BCUT2D eigenvalue weighted by molar-refractivity contribution is 5.41. The van der Waals surface area contributed by atoms with Crippen LogP contribution < -0.4 is 10.5 Å². The quantitative estimate of drug-likeness (QED) is 0.891. The molecule has 0 heterocycles. The fraction of sp³-hybridized carbons (Fsp3) is 0.625. The van der Waals surface area contributed by atoms with Crippen molar-refractivity contribution in [3.05, 3.63) is 29.3 Å². The predicted octanol–water partition coefficient (Wildman–Crippen LogP) is 3.66. The molecule has 0 aromatic heterocycles. The van der Waals surface area contributed by atoms with Crippen LogP contribution in [0.4, 0.5) is 13.2 Å². The van der Waals surface area contributed by atoms with E-state index in [4.69, 9.17) is 10.5 Å². The Kier molecular flexibility index (Phi) is 5.34. The minimum atomic E-state index is -4.43. The lowest BCUT2D eigenvalue weighted by molar-refractivity contribution is -0.137. The number of aliphatic hydroxyl groups excluding tert-OH is 1. The van der Waals surface area contributed by atoms with Crippen LogP contribution in [0.15, 0.2) is 18.2 Å². The van der Waals surface area contributed by atoms with Crippen molar-refractivity contribution in [2.24, 2.45) is 11.7 Å². The first-order chi connectivity index (χ1) is 10.3. The number of rotatable bonds is 4. The zero-order chi connectivity index (χ0) is 16.3. The summed E-state index contributed by atoms with van der Waals surface area (Å²) in [7, 11) is 1.30.